The van der Waals surface area contributed by atoms with Crippen LogP contribution in [0.4, 0.5) is 0 Å². The number of hydrogen-bond acceptors (Lipinski definition) is 8. The number of benzene rings is 8. The molecule has 0 radical (unpaired) electrons. The van der Waals surface area contributed by atoms with Gasteiger partial charge in [0.25, 0.3) is 11.8 Å². The van der Waals surface area contributed by atoms with Crippen molar-refractivity contribution in [2.75, 3.05) is 13.1 Å². The summed E-state index contributed by atoms with van der Waals surface area (Å²) in [6.45, 7) is 19.4. The van der Waals surface area contributed by atoms with Crippen LogP contribution in [0.2, 0.25) is 0 Å². The van der Waals surface area contributed by atoms with E-state index >= 15 is 28.8 Å². The molecule has 4 amide bonds. The summed E-state index contributed by atoms with van der Waals surface area (Å²) in [4.78, 5) is 108. The topological polar surface area (TPSA) is 145 Å². The van der Waals surface area contributed by atoms with Crippen LogP contribution in [0, 0.1) is 23.7 Å². The standard InChI is InChI=1S/C117H140N6O6/c1-9-17-23-27-31-33-37-41-47-75(45-39-35-29-25-19-11-3)71-120-111(124)87-59-51-81-77-49-57-85-105-91(63-55-79(101(77)105)83-53-61-89(113(120)126)107(87)103(81)83)115(128)122-99-65-93-94-66-100-98(68-96(94)117(69-73(15-7)43-21-13-5,70-74(16-8)44-22-14-6)95(93)67-97(99)118-109(85)122)119-110-86-58-50-78-82-52-60-88-108-90(62-54-84(104(82)108)80-56-64-92(106(86)102(78)80)116(129)123(100)110)114(127)121(112(88)125)72-76(46-40-36-30-26-20-12-4)48-42-38-34-32-28-24-18-10-2/h49-68,73-76,87-88,91-92H,9-48,69-72H2,1-8H3. The maximum absolute atomic E-state index is 16.3. The van der Waals surface area contributed by atoms with Crippen molar-refractivity contribution in [2.45, 2.75) is 354 Å². The summed E-state index contributed by atoms with van der Waals surface area (Å²) in [7, 11) is 0. The van der Waals surface area contributed by atoms with Gasteiger partial charge in [0.15, 0.2) is 0 Å². The van der Waals surface area contributed by atoms with E-state index in [-0.39, 0.29) is 47.3 Å². The lowest BCUT2D eigenvalue weighted by Crippen LogP contribution is -2.47. The van der Waals surface area contributed by atoms with Gasteiger partial charge in [-0.05, 0) is 208 Å². The molecule has 8 atom stereocenters. The van der Waals surface area contributed by atoms with E-state index in [0.29, 0.717) is 47.7 Å². The van der Waals surface area contributed by atoms with Crippen molar-refractivity contribution in [3.05, 3.63) is 164 Å². The third-order valence-corrected chi connectivity index (χ3v) is 32.8. The highest BCUT2D eigenvalue weighted by Crippen LogP contribution is 2.61. The first kappa shape index (κ1) is 88.6. The number of aromatic nitrogens is 4. The van der Waals surface area contributed by atoms with Gasteiger partial charge < -0.3 is 0 Å². The van der Waals surface area contributed by atoms with Gasteiger partial charge in [-0.1, -0.05) is 372 Å². The molecule has 129 heavy (non-hydrogen) atoms. The van der Waals surface area contributed by atoms with Gasteiger partial charge in [-0.3, -0.25) is 47.7 Å². The lowest BCUT2D eigenvalue weighted by molar-refractivity contribution is -0.131. The summed E-state index contributed by atoms with van der Waals surface area (Å²) < 4.78 is 3.84. The summed E-state index contributed by atoms with van der Waals surface area (Å²) in [6.07, 6.45) is 66.5. The monoisotopic (exact) mass is 1730 g/mol. The van der Waals surface area contributed by atoms with Crippen LogP contribution < -0.4 is 0 Å². The molecule has 0 bridgehead atoms. The molecule has 12 heteroatoms. The fraction of sp³-hybridized carbons (Fsp3) is 0.521. The van der Waals surface area contributed by atoms with Crippen LogP contribution in [0.5, 0.6) is 0 Å². The second-order valence-electron chi connectivity index (χ2n) is 41.0. The van der Waals surface area contributed by atoms with E-state index in [1.165, 1.54) is 165 Å². The molecule has 0 N–H and O–H groups in total. The first-order valence-electron chi connectivity index (χ1n) is 52.1. The minimum absolute atomic E-state index is 0.0468. The minimum Gasteiger partial charge on any atom is -0.277 e. The highest BCUT2D eigenvalue weighted by molar-refractivity contribution is 6.27. The van der Waals surface area contributed by atoms with Crippen LogP contribution in [0.25, 0.3) is 123 Å². The molecule has 9 aliphatic rings. The van der Waals surface area contributed by atoms with Crippen LogP contribution in [0.1, 0.15) is 435 Å². The zero-order valence-corrected chi connectivity index (χ0v) is 78.9. The summed E-state index contributed by atoms with van der Waals surface area (Å²) in [6, 6.07) is 26.4. The number of carbonyl (C=O) groups is 6. The van der Waals surface area contributed by atoms with Crippen molar-refractivity contribution in [1.29, 1.82) is 0 Å². The van der Waals surface area contributed by atoms with E-state index in [0.717, 1.165) is 247 Å². The SMILES string of the molecule is CCCCCCCCCCC(CCCCCCCC)CN1C(=O)c2ccc3c4c5c6c(ccc5c5c3c2C(C=C5)C1=O)-c1nc2cc3c(cc2n1C(=O)C6C=C4)-c1cc2c(cc1C3(CC(CC)CCCC)CC(CC)CCCC)nc1n2C(=O)C2C=Cc3c4ccc5c6c4c(c4ccc-1c2c34)C=CC6C(=O)N(CC(CCCCCCCC)CCCCCCCCCC)C5=O. The Kier molecular flexibility index (Phi) is 26.3. The first-order chi connectivity index (χ1) is 63.2. The van der Waals surface area contributed by atoms with Gasteiger partial charge in [0, 0.05) is 40.8 Å². The van der Waals surface area contributed by atoms with Gasteiger partial charge in [-0.25, -0.2) is 9.97 Å². The van der Waals surface area contributed by atoms with Crippen LogP contribution in [0.15, 0.2) is 97.1 Å². The number of imidazole rings is 2. The molecule has 0 spiro atoms. The van der Waals surface area contributed by atoms with Crippen molar-refractivity contribution in [3.63, 3.8) is 0 Å². The average molecular weight is 1730 g/mol. The molecule has 10 aromatic rings. The van der Waals surface area contributed by atoms with Gasteiger partial charge in [0.1, 0.15) is 11.6 Å². The van der Waals surface area contributed by atoms with Crippen molar-refractivity contribution >= 4 is 125 Å². The van der Waals surface area contributed by atoms with Crippen molar-refractivity contribution in [2.24, 2.45) is 23.7 Å². The van der Waals surface area contributed by atoms with E-state index in [9.17, 15) is 0 Å². The number of amides is 4. The Hall–Kier alpha value is -9.68. The predicted octanol–water partition coefficient (Wildman–Crippen LogP) is 31.3. The van der Waals surface area contributed by atoms with Gasteiger partial charge in [0.2, 0.25) is 23.6 Å². The maximum atomic E-state index is 16.3. The van der Waals surface area contributed by atoms with Gasteiger partial charge >= 0.3 is 0 Å². The zero-order valence-electron chi connectivity index (χ0n) is 78.9. The quantitative estimate of drug-likeness (QED) is 0.0208. The molecule has 6 heterocycles. The molecular formula is C117H140N6O6. The number of carbonyl (C=O) groups excluding carboxylic acids is 6. The summed E-state index contributed by atoms with van der Waals surface area (Å²) in [5.74, 6) is -0.339. The molecule has 674 valence electrons. The molecule has 5 aliphatic carbocycles. The van der Waals surface area contributed by atoms with E-state index < -0.39 is 29.1 Å². The largest absolute Gasteiger partial charge is 0.277 e. The van der Waals surface area contributed by atoms with E-state index in [2.05, 4.69) is 165 Å². The van der Waals surface area contributed by atoms with E-state index in [1.54, 1.807) is 9.80 Å². The normalized spacial score (nSPS) is 19.4. The Morgan fingerprint density at radius 2 is 0.581 bits per heavy atom. The smallest absolute Gasteiger partial charge is 0.260 e. The molecule has 0 saturated heterocycles. The highest BCUT2D eigenvalue weighted by atomic mass is 16.2. The van der Waals surface area contributed by atoms with E-state index in [1.807, 2.05) is 21.3 Å². The van der Waals surface area contributed by atoms with Crippen LogP contribution in [-0.2, 0) is 15.0 Å². The fourth-order valence-corrected chi connectivity index (χ4v) is 25.8. The number of rotatable bonds is 48. The number of nitrogens with zero attached hydrogens (tertiary/aromatic N) is 6. The molecule has 8 unspecified atom stereocenters. The van der Waals surface area contributed by atoms with Crippen LogP contribution in [0.3, 0.4) is 0 Å². The van der Waals surface area contributed by atoms with Crippen LogP contribution in [-0.4, -0.2) is 77.4 Å². The third kappa shape index (κ3) is 15.6. The Morgan fingerprint density at radius 1 is 0.302 bits per heavy atom. The number of fused-ring (bicyclic) bond motifs is 15. The Morgan fingerprint density at radius 3 is 0.891 bits per heavy atom. The average Bonchev–Trinajstić information content (AvgIpc) is 1.66. The molecule has 0 fully saturated rings. The zero-order chi connectivity index (χ0) is 88.9. The molecule has 12 nitrogen and oxygen atoms in total. The van der Waals surface area contributed by atoms with E-state index in [4.69, 9.17) is 9.97 Å². The third-order valence-electron chi connectivity index (χ3n) is 32.8. The molecule has 8 aromatic carbocycles. The molecule has 4 aliphatic heterocycles. The first-order valence-corrected chi connectivity index (χ1v) is 52.1. The number of unbranched alkanes of at least 4 members (excludes halogenated alkanes) is 26. The van der Waals surface area contributed by atoms with Crippen molar-refractivity contribution in [1.82, 2.24) is 28.9 Å². The molecule has 19 rings (SSSR count). The number of imide groups is 2. The van der Waals surface area contributed by atoms with Crippen LogP contribution >= 0.6 is 0 Å². The minimum atomic E-state index is -0.604. The lowest BCUT2D eigenvalue weighted by atomic mass is 9.65. The van der Waals surface area contributed by atoms with Gasteiger partial charge in [-0.2, -0.15) is 0 Å². The second-order valence-corrected chi connectivity index (χ2v) is 41.0. The Balaban J connectivity index is 0.682. The van der Waals surface area contributed by atoms with Gasteiger partial charge in [0.05, 0.1) is 45.7 Å². The van der Waals surface area contributed by atoms with Crippen molar-refractivity contribution in [3.8, 4) is 33.9 Å². The second kappa shape index (κ2) is 38.3. The van der Waals surface area contributed by atoms with Gasteiger partial charge in [-0.15, -0.1) is 0 Å². The number of hydrogen-bond donors (Lipinski definition) is 0. The summed E-state index contributed by atoms with van der Waals surface area (Å²) >= 11 is 0. The van der Waals surface area contributed by atoms with Crippen molar-refractivity contribution < 1.29 is 28.8 Å². The Labute approximate surface area is 766 Å². The lowest BCUT2D eigenvalue weighted by Gasteiger charge is -2.38. The number of allylic oxidation sites excluding steroid dienone is 2. The maximum Gasteiger partial charge on any atom is 0.260 e. The predicted molar refractivity (Wildman–Crippen MR) is 534 cm³/mol. The summed E-state index contributed by atoms with van der Waals surface area (Å²) in [5, 5.41) is 7.99. The molecular weight excluding hydrogens is 1590 g/mol. The fourth-order valence-electron chi connectivity index (χ4n) is 25.8. The summed E-state index contributed by atoms with van der Waals surface area (Å²) in [5.41, 5.74) is 18.1. The highest BCUT2D eigenvalue weighted by Gasteiger charge is 2.51. The Bertz CT molecular complexity index is 5840. The molecule has 0 saturated carbocycles. The molecule has 2 aromatic heterocycles.